The Morgan fingerprint density at radius 2 is 1.53 bits per heavy atom. The van der Waals surface area contributed by atoms with Crippen LogP contribution in [0, 0.1) is 0 Å². The first-order valence-electron chi connectivity index (χ1n) is 10.9. The number of nitrogens with zero attached hydrogens (tertiary/aromatic N) is 1. The van der Waals surface area contributed by atoms with Crippen LogP contribution < -0.4 is 20.1 Å². The molecule has 1 atom stereocenters. The zero-order valence-corrected chi connectivity index (χ0v) is 18.9. The van der Waals surface area contributed by atoms with Crippen molar-refractivity contribution >= 4 is 23.5 Å². The maximum atomic E-state index is 13.2. The molecular weight excluding hydrogens is 434 g/mol. The number of ether oxygens (including phenoxy) is 2. The van der Waals surface area contributed by atoms with Crippen LogP contribution in [0.5, 0.6) is 17.2 Å². The fraction of sp³-hybridized carbons (Fsp3) is 0.192. The molecule has 1 aliphatic heterocycles. The molecule has 0 aromatic heterocycles. The SMILES string of the molecule is CC[C@]1(c2ccc(OC)cc2)NC(=O)N(CC(=O)Nc2ccc(Oc3ccccc3)cc2)C1=O. The van der Waals surface area contributed by atoms with E-state index >= 15 is 0 Å². The second-order valence-corrected chi connectivity index (χ2v) is 7.80. The number of nitrogens with one attached hydrogen (secondary N) is 2. The molecule has 0 unspecified atom stereocenters. The number of anilines is 1. The molecule has 2 N–H and O–H groups in total. The van der Waals surface area contributed by atoms with E-state index in [1.807, 2.05) is 37.3 Å². The Kier molecular flexibility index (Phi) is 6.49. The van der Waals surface area contributed by atoms with Gasteiger partial charge in [-0.05, 0) is 60.5 Å². The number of urea groups is 1. The van der Waals surface area contributed by atoms with Crippen molar-refractivity contribution in [3.05, 3.63) is 84.4 Å². The third-order valence-electron chi connectivity index (χ3n) is 5.71. The van der Waals surface area contributed by atoms with Gasteiger partial charge in [0.2, 0.25) is 5.91 Å². The first-order chi connectivity index (χ1) is 16.4. The average molecular weight is 460 g/mol. The van der Waals surface area contributed by atoms with Gasteiger partial charge in [-0.1, -0.05) is 37.3 Å². The number of rotatable bonds is 8. The second-order valence-electron chi connectivity index (χ2n) is 7.80. The van der Waals surface area contributed by atoms with Crippen LogP contribution in [0.25, 0.3) is 0 Å². The smallest absolute Gasteiger partial charge is 0.325 e. The number of para-hydroxylation sites is 1. The molecular formula is C26H25N3O5. The monoisotopic (exact) mass is 459 g/mol. The van der Waals surface area contributed by atoms with Gasteiger partial charge in [-0.15, -0.1) is 0 Å². The molecule has 8 nitrogen and oxygen atoms in total. The van der Waals surface area contributed by atoms with Crippen molar-refractivity contribution in [3.63, 3.8) is 0 Å². The van der Waals surface area contributed by atoms with E-state index in [2.05, 4.69) is 10.6 Å². The first-order valence-corrected chi connectivity index (χ1v) is 10.9. The highest BCUT2D eigenvalue weighted by Gasteiger charge is 2.51. The predicted octanol–water partition coefficient (Wildman–Crippen LogP) is 4.28. The summed E-state index contributed by atoms with van der Waals surface area (Å²) in [5, 5.41) is 5.49. The third kappa shape index (κ3) is 4.56. The van der Waals surface area contributed by atoms with E-state index < -0.39 is 29.9 Å². The van der Waals surface area contributed by atoms with Crippen LogP contribution in [0.4, 0.5) is 10.5 Å². The lowest BCUT2D eigenvalue weighted by molar-refractivity contribution is -0.134. The van der Waals surface area contributed by atoms with Crippen LogP contribution in [0.3, 0.4) is 0 Å². The van der Waals surface area contributed by atoms with Crippen LogP contribution in [0.1, 0.15) is 18.9 Å². The molecule has 0 radical (unpaired) electrons. The lowest BCUT2D eigenvalue weighted by Gasteiger charge is -2.26. The molecule has 0 bridgehead atoms. The Morgan fingerprint density at radius 1 is 0.912 bits per heavy atom. The van der Waals surface area contributed by atoms with Gasteiger partial charge in [-0.3, -0.25) is 14.5 Å². The molecule has 174 valence electrons. The van der Waals surface area contributed by atoms with Crippen LogP contribution in [-0.4, -0.2) is 36.4 Å². The average Bonchev–Trinajstić information content (AvgIpc) is 3.11. The van der Waals surface area contributed by atoms with E-state index in [1.165, 1.54) is 0 Å². The van der Waals surface area contributed by atoms with Gasteiger partial charge >= 0.3 is 6.03 Å². The molecule has 4 amide bonds. The Balaban J connectivity index is 1.41. The van der Waals surface area contributed by atoms with E-state index in [-0.39, 0.29) is 0 Å². The summed E-state index contributed by atoms with van der Waals surface area (Å²) in [5.74, 6) is 1.01. The number of hydrogen-bond donors (Lipinski definition) is 2. The minimum Gasteiger partial charge on any atom is -0.497 e. The van der Waals surface area contributed by atoms with E-state index in [0.29, 0.717) is 34.9 Å². The summed E-state index contributed by atoms with van der Waals surface area (Å²) in [4.78, 5) is 39.4. The van der Waals surface area contributed by atoms with Crippen molar-refractivity contribution in [1.82, 2.24) is 10.2 Å². The minimum absolute atomic E-state index is 0.338. The Hall–Kier alpha value is -4.33. The molecule has 1 fully saturated rings. The number of carbonyl (C=O) groups is 3. The maximum Gasteiger partial charge on any atom is 0.325 e. The van der Waals surface area contributed by atoms with Gasteiger partial charge in [0.15, 0.2) is 0 Å². The van der Waals surface area contributed by atoms with Crippen molar-refractivity contribution in [2.75, 3.05) is 19.0 Å². The zero-order chi connectivity index (χ0) is 24.1. The van der Waals surface area contributed by atoms with Crippen LogP contribution >= 0.6 is 0 Å². The molecule has 1 saturated heterocycles. The zero-order valence-electron chi connectivity index (χ0n) is 18.9. The van der Waals surface area contributed by atoms with Gasteiger partial charge in [0.1, 0.15) is 29.3 Å². The van der Waals surface area contributed by atoms with E-state index in [9.17, 15) is 14.4 Å². The fourth-order valence-electron chi connectivity index (χ4n) is 3.86. The number of imide groups is 1. The van der Waals surface area contributed by atoms with Crippen molar-refractivity contribution in [3.8, 4) is 17.2 Å². The van der Waals surface area contributed by atoms with Crippen molar-refractivity contribution in [1.29, 1.82) is 0 Å². The lowest BCUT2D eigenvalue weighted by Crippen LogP contribution is -2.44. The Morgan fingerprint density at radius 3 is 2.15 bits per heavy atom. The summed E-state index contributed by atoms with van der Waals surface area (Å²) in [6.07, 6.45) is 0.338. The molecule has 8 heteroatoms. The van der Waals surface area contributed by atoms with E-state index in [0.717, 1.165) is 4.90 Å². The van der Waals surface area contributed by atoms with Crippen molar-refractivity contribution in [2.24, 2.45) is 0 Å². The van der Waals surface area contributed by atoms with Crippen molar-refractivity contribution < 1.29 is 23.9 Å². The summed E-state index contributed by atoms with van der Waals surface area (Å²) in [7, 11) is 1.55. The molecule has 1 aliphatic rings. The highest BCUT2D eigenvalue weighted by molar-refractivity contribution is 6.10. The van der Waals surface area contributed by atoms with Gasteiger partial charge in [0.05, 0.1) is 7.11 Å². The highest BCUT2D eigenvalue weighted by atomic mass is 16.5. The molecule has 1 heterocycles. The fourth-order valence-corrected chi connectivity index (χ4v) is 3.86. The van der Waals surface area contributed by atoms with Gasteiger partial charge < -0.3 is 20.1 Å². The molecule has 0 saturated carbocycles. The second kappa shape index (κ2) is 9.66. The number of amides is 4. The highest BCUT2D eigenvalue weighted by Crippen LogP contribution is 2.33. The minimum atomic E-state index is -1.22. The first kappa shape index (κ1) is 22.8. The van der Waals surface area contributed by atoms with Crippen LogP contribution in [0.15, 0.2) is 78.9 Å². The number of methoxy groups -OCH3 is 1. The van der Waals surface area contributed by atoms with E-state index in [4.69, 9.17) is 9.47 Å². The standard InChI is InChI=1S/C26H25N3O5/c1-3-26(18-9-13-20(33-2)14-10-18)24(31)29(25(32)28-26)17-23(30)27-19-11-15-22(16-12-19)34-21-7-5-4-6-8-21/h4-16H,3,17H2,1-2H3,(H,27,30)(H,28,32)/t26-/m1/s1. The third-order valence-corrected chi connectivity index (χ3v) is 5.71. The molecule has 4 rings (SSSR count). The predicted molar refractivity (Wildman–Crippen MR) is 127 cm³/mol. The summed E-state index contributed by atoms with van der Waals surface area (Å²) < 4.78 is 10.9. The van der Waals surface area contributed by atoms with Crippen LogP contribution in [0.2, 0.25) is 0 Å². The van der Waals surface area contributed by atoms with Gasteiger partial charge in [-0.25, -0.2) is 4.79 Å². The molecule has 34 heavy (non-hydrogen) atoms. The molecule has 3 aromatic carbocycles. The normalized spacial score (nSPS) is 17.3. The molecule has 0 aliphatic carbocycles. The molecule has 3 aromatic rings. The lowest BCUT2D eigenvalue weighted by atomic mass is 9.87. The summed E-state index contributed by atoms with van der Waals surface area (Å²) >= 11 is 0. The van der Waals surface area contributed by atoms with E-state index in [1.54, 1.807) is 55.6 Å². The van der Waals surface area contributed by atoms with Gasteiger partial charge in [0, 0.05) is 5.69 Å². The van der Waals surface area contributed by atoms with Crippen LogP contribution in [-0.2, 0) is 15.1 Å². The topological polar surface area (TPSA) is 97.0 Å². The van der Waals surface area contributed by atoms with Gasteiger partial charge in [-0.2, -0.15) is 0 Å². The quantitative estimate of drug-likeness (QED) is 0.490. The number of benzene rings is 3. The largest absolute Gasteiger partial charge is 0.497 e. The van der Waals surface area contributed by atoms with Gasteiger partial charge in [0.25, 0.3) is 5.91 Å². The summed E-state index contributed by atoms with van der Waals surface area (Å²) in [6.45, 7) is 1.41. The maximum absolute atomic E-state index is 13.2. The summed E-state index contributed by atoms with van der Waals surface area (Å²) in [6, 6.07) is 22.5. The van der Waals surface area contributed by atoms with Crippen molar-refractivity contribution in [2.45, 2.75) is 18.9 Å². The summed E-state index contributed by atoms with van der Waals surface area (Å²) in [5.41, 5.74) is -0.0690. The number of hydrogen-bond acceptors (Lipinski definition) is 5. The molecule has 0 spiro atoms. The Bertz CT molecular complexity index is 1180. The Labute approximate surface area is 197 Å². The number of carbonyl (C=O) groups excluding carboxylic acids is 3.